The molecule has 0 amide bonds. The minimum absolute atomic E-state index is 0.157. The van der Waals surface area contributed by atoms with E-state index in [-0.39, 0.29) is 18.1 Å². The zero-order valence-electron chi connectivity index (χ0n) is 9.42. The molecule has 0 aliphatic heterocycles. The molecule has 0 aliphatic carbocycles. The van der Waals surface area contributed by atoms with Crippen molar-refractivity contribution in [2.75, 3.05) is 37.8 Å². The van der Waals surface area contributed by atoms with Crippen molar-refractivity contribution in [3.63, 3.8) is 0 Å². The Morgan fingerprint density at radius 1 is 1.31 bits per heavy atom. The maximum absolute atomic E-state index is 11.6. The summed E-state index contributed by atoms with van der Waals surface area (Å²) in [4.78, 5) is 0. The summed E-state index contributed by atoms with van der Waals surface area (Å²) in [6.07, 6.45) is -1.90. The molecular weight excluding hydrogens is 240 g/mol. The first-order chi connectivity index (χ1) is 7.48. The van der Waals surface area contributed by atoms with E-state index in [0.717, 1.165) is 0 Å². The summed E-state index contributed by atoms with van der Waals surface area (Å²) in [5.74, 6) is 0.318. The summed E-state index contributed by atoms with van der Waals surface area (Å²) in [5.41, 5.74) is 0. The van der Waals surface area contributed by atoms with Crippen LogP contribution < -0.4 is 5.32 Å². The predicted molar refractivity (Wildman–Crippen MR) is 58.6 cm³/mol. The molecule has 0 unspecified atom stereocenters. The molecule has 0 spiro atoms. The standard InChI is InChI=1S/C9H19F2NO3S/c1-2-16(13,14)7-3-4-12-5-6-15-8-9(10)11/h9,12H,2-8H2,1H3. The van der Waals surface area contributed by atoms with Gasteiger partial charge in [0.15, 0.2) is 0 Å². The first kappa shape index (κ1) is 15.7. The maximum atomic E-state index is 11.6. The molecule has 0 heterocycles. The number of hydrogen-bond acceptors (Lipinski definition) is 4. The van der Waals surface area contributed by atoms with Crippen molar-refractivity contribution in [2.45, 2.75) is 19.8 Å². The highest BCUT2D eigenvalue weighted by atomic mass is 32.2. The van der Waals surface area contributed by atoms with Gasteiger partial charge in [-0.25, -0.2) is 17.2 Å². The Hall–Kier alpha value is -0.270. The monoisotopic (exact) mass is 259 g/mol. The van der Waals surface area contributed by atoms with E-state index in [1.165, 1.54) is 0 Å². The molecule has 7 heteroatoms. The number of sulfone groups is 1. The lowest BCUT2D eigenvalue weighted by Crippen LogP contribution is -2.24. The van der Waals surface area contributed by atoms with Crippen LogP contribution in [0.2, 0.25) is 0 Å². The summed E-state index contributed by atoms with van der Waals surface area (Å²) in [6, 6.07) is 0. The fourth-order valence-electron chi connectivity index (χ4n) is 1.00. The Morgan fingerprint density at radius 3 is 2.56 bits per heavy atom. The van der Waals surface area contributed by atoms with Gasteiger partial charge in [-0.2, -0.15) is 0 Å². The van der Waals surface area contributed by atoms with Gasteiger partial charge in [-0.1, -0.05) is 6.92 Å². The Balaban J connectivity index is 3.22. The van der Waals surface area contributed by atoms with Crippen LogP contribution in [0.5, 0.6) is 0 Å². The van der Waals surface area contributed by atoms with Crippen molar-refractivity contribution in [3.05, 3.63) is 0 Å². The van der Waals surface area contributed by atoms with E-state index in [1.807, 2.05) is 0 Å². The van der Waals surface area contributed by atoms with Crippen LogP contribution in [0.25, 0.3) is 0 Å². The highest BCUT2D eigenvalue weighted by Gasteiger charge is 2.05. The Labute approximate surface area is 95.3 Å². The molecule has 16 heavy (non-hydrogen) atoms. The van der Waals surface area contributed by atoms with Gasteiger partial charge < -0.3 is 10.1 Å². The quantitative estimate of drug-likeness (QED) is 0.586. The van der Waals surface area contributed by atoms with Gasteiger partial charge in [0.25, 0.3) is 6.43 Å². The van der Waals surface area contributed by atoms with Crippen molar-refractivity contribution < 1.29 is 21.9 Å². The van der Waals surface area contributed by atoms with Crippen LogP contribution in [-0.4, -0.2) is 52.7 Å². The second kappa shape index (κ2) is 8.83. The SMILES string of the molecule is CCS(=O)(=O)CCCNCCOCC(F)F. The second-order valence-corrected chi connectivity index (χ2v) is 5.78. The van der Waals surface area contributed by atoms with E-state index in [1.54, 1.807) is 6.92 Å². The van der Waals surface area contributed by atoms with Gasteiger partial charge in [-0.15, -0.1) is 0 Å². The highest BCUT2D eigenvalue weighted by Crippen LogP contribution is 1.93. The molecule has 0 atom stereocenters. The third-order valence-corrected chi connectivity index (χ3v) is 3.71. The highest BCUT2D eigenvalue weighted by molar-refractivity contribution is 7.91. The number of hydrogen-bond donors (Lipinski definition) is 1. The number of alkyl halides is 2. The number of halogens is 2. The third kappa shape index (κ3) is 10.3. The lowest BCUT2D eigenvalue weighted by Gasteiger charge is -2.05. The van der Waals surface area contributed by atoms with Crippen LogP contribution in [0.3, 0.4) is 0 Å². The van der Waals surface area contributed by atoms with Crippen molar-refractivity contribution in [2.24, 2.45) is 0 Å². The van der Waals surface area contributed by atoms with Gasteiger partial charge in [0.2, 0.25) is 0 Å². The minimum Gasteiger partial charge on any atom is -0.374 e. The van der Waals surface area contributed by atoms with Gasteiger partial charge in [-0.05, 0) is 13.0 Å². The van der Waals surface area contributed by atoms with Gasteiger partial charge in [-0.3, -0.25) is 0 Å². The Kier molecular flexibility index (Phi) is 8.68. The van der Waals surface area contributed by atoms with Crippen LogP contribution in [-0.2, 0) is 14.6 Å². The normalized spacial score (nSPS) is 12.2. The van der Waals surface area contributed by atoms with E-state index >= 15 is 0 Å². The molecule has 0 saturated heterocycles. The zero-order chi connectivity index (χ0) is 12.4. The van der Waals surface area contributed by atoms with E-state index in [9.17, 15) is 17.2 Å². The maximum Gasteiger partial charge on any atom is 0.261 e. The van der Waals surface area contributed by atoms with Crippen molar-refractivity contribution in [1.82, 2.24) is 5.32 Å². The fraction of sp³-hybridized carbons (Fsp3) is 1.00. The first-order valence-electron chi connectivity index (χ1n) is 5.25. The summed E-state index contributed by atoms with van der Waals surface area (Å²) < 4.78 is 50.0. The second-order valence-electron chi connectivity index (χ2n) is 3.31. The molecular formula is C9H19F2NO3S. The molecule has 0 aliphatic rings. The summed E-state index contributed by atoms with van der Waals surface area (Å²) in [5, 5.41) is 2.92. The molecule has 0 aromatic rings. The predicted octanol–water partition coefficient (Wildman–Crippen LogP) is 0.683. The number of ether oxygens (including phenoxy) is 1. The summed E-state index contributed by atoms with van der Waals surface area (Å²) in [6.45, 7) is 2.29. The van der Waals surface area contributed by atoms with Crippen molar-refractivity contribution in [1.29, 1.82) is 0 Å². The molecule has 98 valence electrons. The number of nitrogens with one attached hydrogen (secondary N) is 1. The molecule has 0 radical (unpaired) electrons. The molecule has 1 N–H and O–H groups in total. The van der Waals surface area contributed by atoms with E-state index in [2.05, 4.69) is 10.1 Å². The van der Waals surface area contributed by atoms with Crippen LogP contribution in [0.4, 0.5) is 8.78 Å². The van der Waals surface area contributed by atoms with Crippen LogP contribution in [0.15, 0.2) is 0 Å². The van der Waals surface area contributed by atoms with Gasteiger partial charge in [0, 0.05) is 12.3 Å². The average molecular weight is 259 g/mol. The van der Waals surface area contributed by atoms with E-state index in [0.29, 0.717) is 19.5 Å². The van der Waals surface area contributed by atoms with E-state index < -0.39 is 22.9 Å². The van der Waals surface area contributed by atoms with Crippen LogP contribution >= 0.6 is 0 Å². The van der Waals surface area contributed by atoms with E-state index in [4.69, 9.17) is 0 Å². The molecule has 0 aromatic heterocycles. The van der Waals surface area contributed by atoms with Gasteiger partial charge >= 0.3 is 0 Å². The van der Waals surface area contributed by atoms with Crippen molar-refractivity contribution >= 4 is 9.84 Å². The fourth-order valence-corrected chi connectivity index (χ4v) is 1.88. The summed E-state index contributed by atoms with van der Waals surface area (Å²) >= 11 is 0. The first-order valence-corrected chi connectivity index (χ1v) is 7.07. The number of rotatable bonds is 10. The van der Waals surface area contributed by atoms with Gasteiger partial charge in [0.1, 0.15) is 16.4 Å². The summed E-state index contributed by atoms with van der Waals surface area (Å²) in [7, 11) is -2.90. The molecule has 0 bridgehead atoms. The molecule has 0 aromatic carbocycles. The Bertz CT molecular complexity index is 257. The van der Waals surface area contributed by atoms with Gasteiger partial charge in [0.05, 0.1) is 12.4 Å². The van der Waals surface area contributed by atoms with Crippen LogP contribution in [0.1, 0.15) is 13.3 Å². The molecule has 0 rings (SSSR count). The molecule has 0 saturated carbocycles. The molecule has 0 fully saturated rings. The van der Waals surface area contributed by atoms with Crippen LogP contribution in [0, 0.1) is 0 Å². The molecule has 4 nitrogen and oxygen atoms in total. The van der Waals surface area contributed by atoms with Crippen molar-refractivity contribution in [3.8, 4) is 0 Å². The lowest BCUT2D eigenvalue weighted by atomic mass is 10.5. The average Bonchev–Trinajstić information content (AvgIpc) is 2.21. The minimum atomic E-state index is -2.90. The largest absolute Gasteiger partial charge is 0.374 e. The zero-order valence-corrected chi connectivity index (χ0v) is 10.2. The topological polar surface area (TPSA) is 55.4 Å². The lowest BCUT2D eigenvalue weighted by molar-refractivity contribution is 0.0188. The third-order valence-electron chi connectivity index (χ3n) is 1.92. The Morgan fingerprint density at radius 2 is 2.00 bits per heavy atom. The smallest absolute Gasteiger partial charge is 0.261 e.